The fourth-order valence-electron chi connectivity index (χ4n) is 1.95. The van der Waals surface area contributed by atoms with E-state index in [0.29, 0.717) is 5.69 Å². The highest BCUT2D eigenvalue weighted by atomic mass is 16.4. The zero-order valence-electron chi connectivity index (χ0n) is 12.1. The molecule has 0 unspecified atom stereocenters. The first-order chi connectivity index (χ1) is 9.27. The van der Waals surface area contributed by atoms with Crippen molar-refractivity contribution in [2.45, 2.75) is 33.1 Å². The lowest BCUT2D eigenvalue weighted by Gasteiger charge is -2.20. The van der Waals surface area contributed by atoms with E-state index in [1.54, 1.807) is 0 Å². The summed E-state index contributed by atoms with van der Waals surface area (Å²) in [6, 6.07) is 6.26. The number of aromatic nitrogens is 2. The predicted octanol–water partition coefficient (Wildman–Crippen LogP) is 3.45. The smallest absolute Gasteiger partial charge is 0.356 e. The highest BCUT2D eigenvalue weighted by molar-refractivity contribution is 5.85. The monoisotopic (exact) mass is 270 g/mol. The van der Waals surface area contributed by atoms with Crippen LogP contribution in [0.15, 0.2) is 30.6 Å². The predicted molar refractivity (Wildman–Crippen MR) is 77.9 cm³/mol. The third-order valence-electron chi connectivity index (χ3n) is 3.11. The van der Waals surface area contributed by atoms with E-state index in [0.717, 1.165) is 11.1 Å². The molecule has 0 bridgehead atoms. The van der Waals surface area contributed by atoms with Crippen molar-refractivity contribution in [2.24, 2.45) is 0 Å². The second kappa shape index (κ2) is 5.04. The van der Waals surface area contributed by atoms with Gasteiger partial charge in [-0.2, -0.15) is 0 Å². The Hall–Kier alpha value is -2.23. The van der Waals surface area contributed by atoms with Gasteiger partial charge in [-0.25, -0.2) is 9.78 Å². The quantitative estimate of drug-likeness (QED) is 0.907. The van der Waals surface area contributed by atoms with Crippen LogP contribution in [0.2, 0.25) is 0 Å². The van der Waals surface area contributed by atoms with E-state index in [-0.39, 0.29) is 11.1 Å². The van der Waals surface area contributed by atoms with E-state index in [1.807, 2.05) is 13.0 Å². The van der Waals surface area contributed by atoms with E-state index in [1.165, 1.54) is 18.0 Å². The molecule has 0 aliphatic carbocycles. The van der Waals surface area contributed by atoms with Crippen molar-refractivity contribution in [3.63, 3.8) is 0 Å². The zero-order valence-corrected chi connectivity index (χ0v) is 12.1. The molecule has 2 aromatic rings. The molecule has 0 saturated carbocycles. The van der Waals surface area contributed by atoms with Gasteiger partial charge in [-0.15, -0.1) is 0 Å². The highest BCUT2D eigenvalue weighted by Gasteiger charge is 2.15. The van der Waals surface area contributed by atoms with Crippen molar-refractivity contribution < 1.29 is 9.90 Å². The number of hydrogen-bond acceptors (Lipinski definition) is 3. The van der Waals surface area contributed by atoms with Gasteiger partial charge in [-0.05, 0) is 30.0 Å². The Morgan fingerprint density at radius 3 is 2.30 bits per heavy atom. The molecular formula is C16H18N2O2. The van der Waals surface area contributed by atoms with Gasteiger partial charge in [0.05, 0.1) is 18.1 Å². The summed E-state index contributed by atoms with van der Waals surface area (Å²) >= 11 is 0. The molecule has 20 heavy (non-hydrogen) atoms. The number of aryl methyl sites for hydroxylation is 1. The standard InChI is InChI=1S/C16H18N2O2/c1-10-5-11(7-12(6-10)16(2,3)4)13-8-18-14(9-17-13)15(19)20/h5-9H,1-4H3,(H,19,20). The molecule has 1 heterocycles. The summed E-state index contributed by atoms with van der Waals surface area (Å²) in [5, 5.41) is 8.84. The first-order valence-corrected chi connectivity index (χ1v) is 6.45. The van der Waals surface area contributed by atoms with Crippen molar-refractivity contribution in [3.05, 3.63) is 47.4 Å². The second-order valence-electron chi connectivity index (χ2n) is 5.93. The first kappa shape index (κ1) is 14.2. The maximum Gasteiger partial charge on any atom is 0.356 e. The molecule has 0 aliphatic heterocycles. The van der Waals surface area contributed by atoms with Crippen molar-refractivity contribution in [2.75, 3.05) is 0 Å². The zero-order chi connectivity index (χ0) is 14.9. The summed E-state index contributed by atoms with van der Waals surface area (Å²) < 4.78 is 0. The van der Waals surface area contributed by atoms with Crippen LogP contribution in [0.1, 0.15) is 42.4 Å². The number of rotatable bonds is 2. The van der Waals surface area contributed by atoms with Crippen LogP contribution in [-0.2, 0) is 5.41 Å². The number of aromatic carboxylic acids is 1. The number of carbonyl (C=O) groups is 1. The minimum atomic E-state index is -1.07. The summed E-state index contributed by atoms with van der Waals surface area (Å²) in [6.45, 7) is 8.51. The summed E-state index contributed by atoms with van der Waals surface area (Å²) in [4.78, 5) is 18.9. The third-order valence-corrected chi connectivity index (χ3v) is 3.11. The highest BCUT2D eigenvalue weighted by Crippen LogP contribution is 2.28. The van der Waals surface area contributed by atoms with Crippen LogP contribution in [0.5, 0.6) is 0 Å². The lowest BCUT2D eigenvalue weighted by Crippen LogP contribution is -2.11. The molecule has 104 valence electrons. The van der Waals surface area contributed by atoms with Gasteiger partial charge in [-0.1, -0.05) is 32.4 Å². The molecule has 4 heteroatoms. The Bertz CT molecular complexity index is 641. The Balaban J connectivity index is 2.47. The molecule has 0 radical (unpaired) electrons. The Kier molecular flexibility index (Phi) is 3.57. The van der Waals surface area contributed by atoms with Gasteiger partial charge >= 0.3 is 5.97 Å². The van der Waals surface area contributed by atoms with Gasteiger partial charge in [-0.3, -0.25) is 4.98 Å². The lowest BCUT2D eigenvalue weighted by atomic mass is 9.85. The Morgan fingerprint density at radius 1 is 1.10 bits per heavy atom. The topological polar surface area (TPSA) is 63.1 Å². The van der Waals surface area contributed by atoms with E-state index in [4.69, 9.17) is 5.11 Å². The average molecular weight is 270 g/mol. The van der Waals surface area contributed by atoms with Gasteiger partial charge in [0.1, 0.15) is 0 Å². The van der Waals surface area contributed by atoms with Gasteiger partial charge in [0.15, 0.2) is 5.69 Å². The summed E-state index contributed by atoms with van der Waals surface area (Å²) in [6.07, 6.45) is 2.79. The van der Waals surface area contributed by atoms with Crippen molar-refractivity contribution in [1.82, 2.24) is 9.97 Å². The number of hydrogen-bond donors (Lipinski definition) is 1. The van der Waals surface area contributed by atoms with Crippen LogP contribution in [0, 0.1) is 6.92 Å². The molecule has 0 spiro atoms. The van der Waals surface area contributed by atoms with E-state index >= 15 is 0 Å². The largest absolute Gasteiger partial charge is 0.476 e. The lowest BCUT2D eigenvalue weighted by molar-refractivity contribution is 0.0690. The minimum Gasteiger partial charge on any atom is -0.476 e. The van der Waals surface area contributed by atoms with Crippen LogP contribution in [0.3, 0.4) is 0 Å². The summed E-state index contributed by atoms with van der Waals surface area (Å²) in [5.41, 5.74) is 4.02. The fourth-order valence-corrected chi connectivity index (χ4v) is 1.95. The SMILES string of the molecule is Cc1cc(-c2cnc(C(=O)O)cn2)cc(C(C)(C)C)c1. The van der Waals surface area contributed by atoms with Crippen LogP contribution >= 0.6 is 0 Å². The summed E-state index contributed by atoms with van der Waals surface area (Å²) in [7, 11) is 0. The molecular weight excluding hydrogens is 252 g/mol. The molecule has 1 aromatic carbocycles. The average Bonchev–Trinajstić information content (AvgIpc) is 2.37. The molecule has 0 aliphatic rings. The van der Waals surface area contributed by atoms with E-state index in [2.05, 4.69) is 42.9 Å². The van der Waals surface area contributed by atoms with Crippen LogP contribution < -0.4 is 0 Å². The maximum atomic E-state index is 10.8. The normalized spacial score (nSPS) is 11.4. The molecule has 0 fully saturated rings. The van der Waals surface area contributed by atoms with Crippen molar-refractivity contribution >= 4 is 5.97 Å². The molecule has 2 rings (SSSR count). The summed E-state index contributed by atoms with van der Waals surface area (Å²) in [5.74, 6) is -1.07. The van der Waals surface area contributed by atoms with Gasteiger partial charge in [0, 0.05) is 5.56 Å². The number of nitrogens with zero attached hydrogens (tertiary/aromatic N) is 2. The number of carboxylic acids is 1. The van der Waals surface area contributed by atoms with Crippen molar-refractivity contribution in [3.8, 4) is 11.3 Å². The Morgan fingerprint density at radius 2 is 1.80 bits per heavy atom. The van der Waals surface area contributed by atoms with E-state index in [9.17, 15) is 4.79 Å². The molecule has 1 N–H and O–H groups in total. The van der Waals surface area contributed by atoms with Crippen LogP contribution in [-0.4, -0.2) is 21.0 Å². The minimum absolute atomic E-state index is 0.0440. The first-order valence-electron chi connectivity index (χ1n) is 6.45. The maximum absolute atomic E-state index is 10.8. The van der Waals surface area contributed by atoms with Crippen molar-refractivity contribution in [1.29, 1.82) is 0 Å². The third kappa shape index (κ3) is 3.02. The van der Waals surface area contributed by atoms with Gasteiger partial charge < -0.3 is 5.11 Å². The molecule has 1 aromatic heterocycles. The second-order valence-corrected chi connectivity index (χ2v) is 5.93. The van der Waals surface area contributed by atoms with Crippen LogP contribution in [0.4, 0.5) is 0 Å². The molecule has 0 saturated heterocycles. The Labute approximate surface area is 118 Å². The number of benzene rings is 1. The van der Waals surface area contributed by atoms with Gasteiger partial charge in [0.2, 0.25) is 0 Å². The van der Waals surface area contributed by atoms with E-state index < -0.39 is 5.97 Å². The van der Waals surface area contributed by atoms with Crippen LogP contribution in [0.25, 0.3) is 11.3 Å². The van der Waals surface area contributed by atoms with Gasteiger partial charge in [0.25, 0.3) is 0 Å². The molecule has 0 amide bonds. The number of carboxylic acid groups (broad SMARTS) is 1. The fraction of sp³-hybridized carbons (Fsp3) is 0.312. The molecule has 0 atom stereocenters. The molecule has 4 nitrogen and oxygen atoms in total.